The number of carbonyl (C=O) groups is 1. The molecule has 0 spiro atoms. The van der Waals surface area contributed by atoms with Crippen LogP contribution in [0.5, 0.6) is 0 Å². The van der Waals surface area contributed by atoms with Crippen LogP contribution < -0.4 is 0 Å². The molecule has 0 aliphatic carbocycles. The van der Waals surface area contributed by atoms with Gasteiger partial charge in [0.2, 0.25) is 0 Å². The van der Waals surface area contributed by atoms with Crippen molar-refractivity contribution in [3.05, 3.63) is 45.7 Å². The van der Waals surface area contributed by atoms with Crippen LogP contribution in [0.1, 0.15) is 4.88 Å². The van der Waals surface area contributed by atoms with Gasteiger partial charge in [-0.2, -0.15) is 0 Å². The Morgan fingerprint density at radius 2 is 2.35 bits per heavy atom. The first-order chi connectivity index (χ1) is 8.27. The second kappa shape index (κ2) is 4.09. The molecular weight excluding hydrogens is 254 g/mol. The fourth-order valence-corrected chi connectivity index (χ4v) is 3.85. The van der Waals surface area contributed by atoms with Crippen molar-refractivity contribution in [2.75, 3.05) is 6.54 Å². The smallest absolute Gasteiger partial charge is 0.337 e. The normalized spacial score (nSPS) is 17.8. The molecule has 0 saturated heterocycles. The molecule has 5 heteroatoms. The zero-order valence-electron chi connectivity index (χ0n) is 8.79. The predicted octanol–water partition coefficient (Wildman–Crippen LogP) is 2.99. The minimum absolute atomic E-state index is 0.368. The molecule has 0 aromatic carbocycles. The van der Waals surface area contributed by atoms with Gasteiger partial charge in [0.1, 0.15) is 0 Å². The SMILES string of the molecule is O=C(O)C1=C2c3sccc3SC=CN2CC=C1. The van der Waals surface area contributed by atoms with Gasteiger partial charge in [0, 0.05) is 17.6 Å². The van der Waals surface area contributed by atoms with Crippen LogP contribution >= 0.6 is 23.1 Å². The number of carboxylic acid groups (broad SMARTS) is 1. The van der Waals surface area contributed by atoms with Gasteiger partial charge in [-0.3, -0.25) is 0 Å². The molecule has 86 valence electrons. The molecule has 1 N–H and O–H groups in total. The summed E-state index contributed by atoms with van der Waals surface area (Å²) >= 11 is 3.22. The first kappa shape index (κ1) is 10.7. The second-order valence-electron chi connectivity index (χ2n) is 3.64. The van der Waals surface area contributed by atoms with E-state index in [0.29, 0.717) is 5.57 Å². The summed E-state index contributed by atoms with van der Waals surface area (Å²) in [6.45, 7) is 0.723. The maximum absolute atomic E-state index is 11.3. The summed E-state index contributed by atoms with van der Waals surface area (Å²) in [5.41, 5.74) is 1.18. The van der Waals surface area contributed by atoms with Crippen molar-refractivity contribution in [1.82, 2.24) is 4.90 Å². The first-order valence-corrected chi connectivity index (χ1v) is 6.85. The lowest BCUT2D eigenvalue weighted by molar-refractivity contribution is -0.132. The molecule has 17 heavy (non-hydrogen) atoms. The Balaban J connectivity index is 2.27. The summed E-state index contributed by atoms with van der Waals surface area (Å²) in [5, 5.41) is 13.3. The number of carboxylic acids is 1. The monoisotopic (exact) mass is 263 g/mol. The zero-order valence-corrected chi connectivity index (χ0v) is 10.4. The van der Waals surface area contributed by atoms with Crippen LogP contribution in [0.25, 0.3) is 5.70 Å². The highest BCUT2D eigenvalue weighted by Crippen LogP contribution is 2.40. The van der Waals surface area contributed by atoms with Crippen LogP contribution in [0.2, 0.25) is 0 Å². The molecule has 0 fully saturated rings. The Kier molecular flexibility index (Phi) is 2.57. The number of fused-ring (bicyclic) bond motifs is 3. The molecule has 0 saturated carbocycles. The van der Waals surface area contributed by atoms with E-state index in [4.69, 9.17) is 0 Å². The summed E-state index contributed by atoms with van der Waals surface area (Å²) in [6.07, 6.45) is 5.52. The average molecular weight is 263 g/mol. The van der Waals surface area contributed by atoms with E-state index >= 15 is 0 Å². The van der Waals surface area contributed by atoms with E-state index in [1.807, 2.05) is 34.0 Å². The van der Waals surface area contributed by atoms with Crippen LogP contribution in [0.15, 0.2) is 45.7 Å². The molecule has 0 amide bonds. The van der Waals surface area contributed by atoms with Crippen LogP contribution in [-0.2, 0) is 4.79 Å². The lowest BCUT2D eigenvalue weighted by Gasteiger charge is -2.25. The maximum Gasteiger partial charge on any atom is 0.337 e. The molecule has 0 bridgehead atoms. The number of nitrogens with zero attached hydrogens (tertiary/aromatic N) is 1. The Morgan fingerprint density at radius 1 is 1.47 bits per heavy atom. The Bertz CT molecular complexity index is 569. The molecule has 1 aromatic heterocycles. The molecule has 0 radical (unpaired) electrons. The van der Waals surface area contributed by atoms with Gasteiger partial charge in [0.25, 0.3) is 0 Å². The van der Waals surface area contributed by atoms with Gasteiger partial charge in [-0.15, -0.1) is 11.3 Å². The molecule has 1 aromatic rings. The Morgan fingerprint density at radius 3 is 3.18 bits per heavy atom. The highest BCUT2D eigenvalue weighted by molar-refractivity contribution is 8.02. The van der Waals surface area contributed by atoms with Crippen LogP contribution in [0.3, 0.4) is 0 Å². The van der Waals surface area contributed by atoms with Gasteiger partial charge >= 0.3 is 5.97 Å². The highest BCUT2D eigenvalue weighted by atomic mass is 32.2. The van der Waals surface area contributed by atoms with E-state index in [-0.39, 0.29) is 0 Å². The van der Waals surface area contributed by atoms with Crippen molar-refractivity contribution in [1.29, 1.82) is 0 Å². The second-order valence-corrected chi connectivity index (χ2v) is 5.50. The summed E-state index contributed by atoms with van der Waals surface area (Å²) in [7, 11) is 0. The zero-order chi connectivity index (χ0) is 11.8. The lowest BCUT2D eigenvalue weighted by atomic mass is 10.1. The van der Waals surface area contributed by atoms with Crippen LogP contribution in [0, 0.1) is 0 Å². The van der Waals surface area contributed by atoms with E-state index < -0.39 is 5.97 Å². The molecule has 2 aliphatic heterocycles. The van der Waals surface area contributed by atoms with Gasteiger partial charge in [-0.1, -0.05) is 17.8 Å². The van der Waals surface area contributed by atoms with Crippen molar-refractivity contribution in [3.63, 3.8) is 0 Å². The van der Waals surface area contributed by atoms with E-state index in [1.165, 1.54) is 0 Å². The van der Waals surface area contributed by atoms with Crippen molar-refractivity contribution in [3.8, 4) is 0 Å². The number of thioether (sulfide) groups is 1. The van der Waals surface area contributed by atoms with E-state index in [1.54, 1.807) is 29.2 Å². The minimum Gasteiger partial charge on any atom is -0.478 e. The average Bonchev–Trinajstić information content (AvgIpc) is 2.70. The van der Waals surface area contributed by atoms with Gasteiger partial charge in [-0.25, -0.2) is 4.79 Å². The molecule has 3 nitrogen and oxygen atoms in total. The third-order valence-corrected chi connectivity index (χ3v) is 4.54. The summed E-state index contributed by atoms with van der Waals surface area (Å²) in [5.74, 6) is -0.874. The largest absolute Gasteiger partial charge is 0.478 e. The molecule has 2 aliphatic rings. The maximum atomic E-state index is 11.3. The fraction of sp³-hybridized carbons (Fsp3) is 0.0833. The molecule has 3 heterocycles. The van der Waals surface area contributed by atoms with Crippen LogP contribution in [0.4, 0.5) is 0 Å². The van der Waals surface area contributed by atoms with Gasteiger partial charge < -0.3 is 10.0 Å². The number of hydrogen-bond acceptors (Lipinski definition) is 4. The fourth-order valence-electron chi connectivity index (χ4n) is 1.91. The molecular formula is C12H9NO2S2. The highest BCUT2D eigenvalue weighted by Gasteiger charge is 2.25. The van der Waals surface area contributed by atoms with Crippen molar-refractivity contribution >= 4 is 34.8 Å². The topological polar surface area (TPSA) is 40.5 Å². The summed E-state index contributed by atoms with van der Waals surface area (Å²) in [6, 6.07) is 2.03. The third kappa shape index (κ3) is 1.71. The van der Waals surface area contributed by atoms with Crippen molar-refractivity contribution in [2.45, 2.75) is 4.90 Å². The quantitative estimate of drug-likeness (QED) is 0.845. The van der Waals surface area contributed by atoms with Crippen molar-refractivity contribution < 1.29 is 9.90 Å². The van der Waals surface area contributed by atoms with Crippen molar-refractivity contribution in [2.24, 2.45) is 0 Å². The Hall–Kier alpha value is -1.46. The van der Waals surface area contributed by atoms with E-state index in [0.717, 1.165) is 22.0 Å². The number of hydrogen-bond donors (Lipinski definition) is 1. The molecule has 0 atom stereocenters. The molecule has 3 rings (SSSR count). The first-order valence-electron chi connectivity index (χ1n) is 5.09. The molecule has 0 unspecified atom stereocenters. The van der Waals surface area contributed by atoms with Crippen LogP contribution in [-0.4, -0.2) is 22.5 Å². The van der Waals surface area contributed by atoms with Gasteiger partial charge in [0.05, 0.1) is 16.1 Å². The Labute approximate surface area is 107 Å². The van der Waals surface area contributed by atoms with Gasteiger partial charge in [0.15, 0.2) is 0 Å². The van der Waals surface area contributed by atoms with Gasteiger partial charge in [-0.05, 0) is 22.9 Å². The number of aliphatic carboxylic acids is 1. The predicted molar refractivity (Wildman–Crippen MR) is 69.7 cm³/mol. The minimum atomic E-state index is -0.874. The standard InChI is InChI=1S/C12H9NO2S2/c14-12(15)8-2-1-4-13-5-7-16-9-3-6-17-11(9)10(8)13/h1-3,5-7H,4H2,(H,14,15). The summed E-state index contributed by atoms with van der Waals surface area (Å²) < 4.78 is 0. The van der Waals surface area contributed by atoms with E-state index in [9.17, 15) is 9.90 Å². The lowest BCUT2D eigenvalue weighted by Crippen LogP contribution is -2.21. The van der Waals surface area contributed by atoms with E-state index in [2.05, 4.69) is 0 Å². The third-order valence-electron chi connectivity index (χ3n) is 2.64. The summed E-state index contributed by atoms with van der Waals surface area (Å²) in [4.78, 5) is 15.4. The number of rotatable bonds is 1. The number of thiophene rings is 1.